The molecule has 6 nitrogen and oxygen atoms in total. The van der Waals surface area contributed by atoms with Crippen molar-refractivity contribution in [1.82, 2.24) is 9.66 Å². The van der Waals surface area contributed by atoms with Gasteiger partial charge in [0.2, 0.25) is 0 Å². The normalized spacial score (nSPS) is 11.3. The fourth-order valence-corrected chi connectivity index (χ4v) is 3.80. The number of hydrogen-bond acceptors (Lipinski definition) is 5. The Morgan fingerprint density at radius 1 is 1.14 bits per heavy atom. The highest BCUT2D eigenvalue weighted by molar-refractivity contribution is 9.10. The Kier molecular flexibility index (Phi) is 7.08. The van der Waals surface area contributed by atoms with Crippen LogP contribution in [0.5, 0.6) is 11.5 Å². The molecule has 0 radical (unpaired) electrons. The summed E-state index contributed by atoms with van der Waals surface area (Å²) in [7, 11) is 3.17. The molecule has 0 saturated carbocycles. The van der Waals surface area contributed by atoms with E-state index in [-0.39, 0.29) is 5.56 Å². The van der Waals surface area contributed by atoms with Crippen molar-refractivity contribution in [2.75, 3.05) is 14.2 Å². The van der Waals surface area contributed by atoms with Crippen molar-refractivity contribution in [2.24, 2.45) is 5.10 Å². The average Bonchev–Trinajstić information content (AvgIpc) is 2.72. The average molecular weight is 523 g/mol. The van der Waals surface area contributed by atoms with Crippen molar-refractivity contribution < 1.29 is 9.47 Å². The third-order valence-corrected chi connectivity index (χ3v) is 5.56. The lowest BCUT2D eigenvalue weighted by Crippen LogP contribution is -2.22. The summed E-state index contributed by atoms with van der Waals surface area (Å²) < 4.78 is 13.7. The van der Waals surface area contributed by atoms with E-state index in [9.17, 15) is 4.79 Å². The van der Waals surface area contributed by atoms with Gasteiger partial charge in [0.05, 0.1) is 35.8 Å². The molecule has 8 heteroatoms. The van der Waals surface area contributed by atoms with Gasteiger partial charge in [-0.1, -0.05) is 29.3 Å². The molecule has 3 rings (SSSR count). The van der Waals surface area contributed by atoms with Crippen LogP contribution in [0.1, 0.15) is 31.2 Å². The number of fused-ring (bicyclic) bond motifs is 1. The largest absolute Gasteiger partial charge is 0.496 e. The van der Waals surface area contributed by atoms with Crippen LogP contribution in [0.15, 0.2) is 49.2 Å². The van der Waals surface area contributed by atoms with Gasteiger partial charge in [0.25, 0.3) is 5.56 Å². The molecule has 152 valence electrons. The molecule has 0 amide bonds. The number of methoxy groups -OCH3 is 2. The second-order valence-electron chi connectivity index (χ2n) is 6.38. The molecule has 0 spiro atoms. The fourth-order valence-electron chi connectivity index (χ4n) is 2.91. The number of ether oxygens (including phenoxy) is 2. The van der Waals surface area contributed by atoms with Crippen molar-refractivity contribution >= 4 is 49.0 Å². The van der Waals surface area contributed by atoms with E-state index < -0.39 is 0 Å². The van der Waals surface area contributed by atoms with Crippen LogP contribution in [0.2, 0.25) is 0 Å². The summed E-state index contributed by atoms with van der Waals surface area (Å²) in [6.07, 6.45) is 4.18. The molecular weight excluding hydrogens is 502 g/mol. The minimum Gasteiger partial charge on any atom is -0.496 e. The third kappa shape index (κ3) is 4.70. The molecule has 1 aromatic heterocycles. The number of halogens is 2. The highest BCUT2D eigenvalue weighted by atomic mass is 79.9. The van der Waals surface area contributed by atoms with E-state index in [1.54, 1.807) is 32.6 Å². The molecule has 0 fully saturated rings. The van der Waals surface area contributed by atoms with Gasteiger partial charge in [-0.2, -0.15) is 9.78 Å². The second-order valence-corrected chi connectivity index (χ2v) is 8.15. The van der Waals surface area contributed by atoms with Crippen molar-refractivity contribution in [3.05, 3.63) is 61.0 Å². The summed E-state index contributed by atoms with van der Waals surface area (Å²) in [5.74, 6) is 1.87. The van der Waals surface area contributed by atoms with Gasteiger partial charge < -0.3 is 9.47 Å². The van der Waals surface area contributed by atoms with Gasteiger partial charge in [-0.25, -0.2) is 4.98 Å². The quantitative estimate of drug-likeness (QED) is 0.402. The summed E-state index contributed by atoms with van der Waals surface area (Å²) >= 11 is 6.89. The first kappa shape index (κ1) is 21.5. The van der Waals surface area contributed by atoms with Crippen molar-refractivity contribution in [2.45, 2.75) is 26.2 Å². The molecule has 0 bridgehead atoms. The van der Waals surface area contributed by atoms with E-state index in [0.29, 0.717) is 40.2 Å². The van der Waals surface area contributed by atoms with Gasteiger partial charge in [-0.15, -0.1) is 0 Å². The van der Waals surface area contributed by atoms with Crippen LogP contribution >= 0.6 is 31.9 Å². The van der Waals surface area contributed by atoms with Crippen molar-refractivity contribution in [1.29, 1.82) is 0 Å². The molecular formula is C21H21Br2N3O3. The molecule has 1 heterocycles. The second kappa shape index (κ2) is 9.54. The van der Waals surface area contributed by atoms with Crippen LogP contribution in [0.3, 0.4) is 0 Å². The highest BCUT2D eigenvalue weighted by Gasteiger charge is 2.12. The number of unbranched alkanes of at least 4 members (excludes halogenated alkanes) is 1. The highest BCUT2D eigenvalue weighted by Crippen LogP contribution is 2.32. The Labute approximate surface area is 185 Å². The predicted octanol–water partition coefficient (Wildman–Crippen LogP) is 5.16. The maximum Gasteiger partial charge on any atom is 0.282 e. The lowest BCUT2D eigenvalue weighted by Gasteiger charge is -2.11. The third-order valence-electron chi connectivity index (χ3n) is 4.45. The lowest BCUT2D eigenvalue weighted by molar-refractivity contribution is 0.392. The van der Waals surface area contributed by atoms with Gasteiger partial charge in [0.15, 0.2) is 0 Å². The minimum atomic E-state index is -0.204. The molecule has 3 aromatic rings. The predicted molar refractivity (Wildman–Crippen MR) is 123 cm³/mol. The number of hydrogen-bond donors (Lipinski definition) is 0. The summed E-state index contributed by atoms with van der Waals surface area (Å²) in [4.78, 5) is 17.8. The number of aromatic nitrogens is 2. The van der Waals surface area contributed by atoms with Gasteiger partial charge in [-0.3, -0.25) is 4.79 Å². The SMILES string of the molecule is CCCCc1nc2ccc(Br)cc2c(=O)n1N=Cc1cc(Br)c(OC)cc1OC. The van der Waals surface area contributed by atoms with Gasteiger partial charge in [0, 0.05) is 22.5 Å². The molecule has 0 atom stereocenters. The maximum absolute atomic E-state index is 13.1. The van der Waals surface area contributed by atoms with Crippen LogP contribution in [-0.2, 0) is 6.42 Å². The zero-order chi connectivity index (χ0) is 21.0. The maximum atomic E-state index is 13.1. The minimum absolute atomic E-state index is 0.204. The van der Waals surface area contributed by atoms with E-state index in [2.05, 4.69) is 48.9 Å². The van der Waals surface area contributed by atoms with Gasteiger partial charge in [0.1, 0.15) is 17.3 Å². The molecule has 0 unspecified atom stereocenters. The smallest absolute Gasteiger partial charge is 0.282 e. The zero-order valence-electron chi connectivity index (χ0n) is 16.4. The van der Waals surface area contributed by atoms with Crippen molar-refractivity contribution in [3.8, 4) is 11.5 Å². The Hall–Kier alpha value is -2.19. The number of nitrogens with zero attached hydrogens (tertiary/aromatic N) is 3. The van der Waals surface area contributed by atoms with E-state index in [4.69, 9.17) is 9.47 Å². The molecule has 0 saturated heterocycles. The molecule has 0 aliphatic rings. The Bertz CT molecular complexity index is 1130. The first-order chi connectivity index (χ1) is 14.0. The number of aryl methyl sites for hydroxylation is 1. The van der Waals surface area contributed by atoms with E-state index in [1.165, 1.54) is 4.68 Å². The van der Waals surface area contributed by atoms with Gasteiger partial charge >= 0.3 is 0 Å². The summed E-state index contributed by atoms with van der Waals surface area (Å²) in [6, 6.07) is 9.09. The van der Waals surface area contributed by atoms with Crippen LogP contribution < -0.4 is 15.0 Å². The summed E-state index contributed by atoms with van der Waals surface area (Å²) in [6.45, 7) is 2.10. The molecule has 0 aliphatic carbocycles. The molecule has 0 aliphatic heterocycles. The first-order valence-electron chi connectivity index (χ1n) is 9.15. The van der Waals surface area contributed by atoms with Crippen LogP contribution in [-0.4, -0.2) is 30.1 Å². The summed E-state index contributed by atoms with van der Waals surface area (Å²) in [5.41, 5.74) is 1.17. The van der Waals surface area contributed by atoms with E-state index in [1.807, 2.05) is 18.2 Å². The van der Waals surface area contributed by atoms with Gasteiger partial charge in [-0.05, 0) is 46.6 Å². The lowest BCUT2D eigenvalue weighted by atomic mass is 10.2. The Morgan fingerprint density at radius 2 is 1.90 bits per heavy atom. The van der Waals surface area contributed by atoms with Crippen LogP contribution in [0.4, 0.5) is 0 Å². The van der Waals surface area contributed by atoms with Crippen LogP contribution in [0.25, 0.3) is 10.9 Å². The topological polar surface area (TPSA) is 65.7 Å². The number of rotatable bonds is 7. The van der Waals surface area contributed by atoms with E-state index >= 15 is 0 Å². The Morgan fingerprint density at radius 3 is 2.59 bits per heavy atom. The van der Waals surface area contributed by atoms with Crippen LogP contribution in [0, 0.1) is 0 Å². The molecule has 0 N–H and O–H groups in total. The summed E-state index contributed by atoms with van der Waals surface area (Å²) in [5, 5.41) is 4.99. The fraction of sp³-hybridized carbons (Fsp3) is 0.286. The standard InChI is InChI=1S/C21H21Br2N3O3/c1-4-5-6-20-25-17-8-7-14(22)10-15(17)21(27)26(20)24-12-13-9-16(23)19(29-3)11-18(13)28-2/h7-12H,4-6H2,1-3H3. The molecule has 2 aromatic carbocycles. The van der Waals surface area contributed by atoms with Crippen molar-refractivity contribution in [3.63, 3.8) is 0 Å². The number of benzene rings is 2. The molecule has 29 heavy (non-hydrogen) atoms. The monoisotopic (exact) mass is 521 g/mol. The first-order valence-corrected chi connectivity index (χ1v) is 10.7. The van der Waals surface area contributed by atoms with E-state index in [0.717, 1.165) is 21.8 Å². The Balaban J connectivity index is 2.14. The zero-order valence-corrected chi connectivity index (χ0v) is 19.6.